The van der Waals surface area contributed by atoms with Gasteiger partial charge in [0.2, 0.25) is 6.79 Å². The molecule has 3 heterocycles. The predicted molar refractivity (Wildman–Crippen MR) is 77.7 cm³/mol. The van der Waals surface area contributed by atoms with E-state index in [4.69, 9.17) is 24.7 Å². The maximum atomic E-state index is 9.99. The van der Waals surface area contributed by atoms with Gasteiger partial charge in [0.1, 0.15) is 11.3 Å². The molecule has 0 unspecified atom stereocenters. The van der Waals surface area contributed by atoms with Crippen molar-refractivity contribution in [3.8, 4) is 23.6 Å². The lowest BCUT2D eigenvalue weighted by Gasteiger charge is -2.25. The number of fused-ring (bicyclic) bond motifs is 3. The molecule has 5 rings (SSSR count). The fourth-order valence-electron chi connectivity index (χ4n) is 4.31. The Kier molecular flexibility index (Phi) is 2.26. The van der Waals surface area contributed by atoms with E-state index in [1.807, 2.05) is 6.07 Å². The minimum atomic E-state index is -1.51. The maximum absolute atomic E-state index is 9.99. The zero-order chi connectivity index (χ0) is 16.6. The zero-order valence-corrected chi connectivity index (χ0v) is 12.5. The number of amidine groups is 1. The summed E-state index contributed by atoms with van der Waals surface area (Å²) in [5.41, 5.74) is 4.26. The predicted octanol–water partition coefficient (Wildman–Crippen LogP) is 0.604. The van der Waals surface area contributed by atoms with E-state index < -0.39 is 22.7 Å². The van der Waals surface area contributed by atoms with Crippen molar-refractivity contribution in [2.75, 3.05) is 20.0 Å². The molecule has 0 bridgehead atoms. The van der Waals surface area contributed by atoms with Crippen LogP contribution >= 0.6 is 0 Å². The normalized spacial score (nSPS) is 36.8. The van der Waals surface area contributed by atoms with Gasteiger partial charge < -0.3 is 24.7 Å². The van der Waals surface area contributed by atoms with Gasteiger partial charge in [0.05, 0.1) is 25.4 Å². The lowest BCUT2D eigenvalue weighted by molar-refractivity contribution is -0.184. The average Bonchev–Trinajstić information content (AvgIpc) is 2.99. The highest BCUT2D eigenvalue weighted by molar-refractivity contribution is 6.00. The second kappa shape index (κ2) is 3.99. The van der Waals surface area contributed by atoms with E-state index in [2.05, 4.69) is 17.1 Å². The van der Waals surface area contributed by atoms with Gasteiger partial charge in [0.15, 0.2) is 16.9 Å². The first kappa shape index (κ1) is 13.6. The molecule has 1 saturated carbocycles. The lowest BCUT2D eigenvalue weighted by atomic mass is 9.94. The van der Waals surface area contributed by atoms with Crippen LogP contribution in [0.25, 0.3) is 0 Å². The topological polar surface area (TPSA) is 123 Å². The molecule has 2 N–H and O–H groups in total. The van der Waals surface area contributed by atoms with Crippen molar-refractivity contribution in [3.63, 3.8) is 0 Å². The maximum Gasteiger partial charge on any atom is 0.293 e. The monoisotopic (exact) mass is 324 g/mol. The molecule has 1 aliphatic carbocycles. The Balaban J connectivity index is 1.70. The number of hydrogen-bond acceptors (Lipinski definition) is 8. The summed E-state index contributed by atoms with van der Waals surface area (Å²) >= 11 is 0. The largest absolute Gasteiger partial charge is 0.454 e. The van der Waals surface area contributed by atoms with Crippen LogP contribution in [-0.2, 0) is 9.47 Å². The van der Waals surface area contributed by atoms with Crippen molar-refractivity contribution >= 4 is 5.84 Å². The quantitative estimate of drug-likeness (QED) is 0.802. The summed E-state index contributed by atoms with van der Waals surface area (Å²) in [5, 5.41) is 19.9. The first-order chi connectivity index (χ1) is 11.6. The van der Waals surface area contributed by atoms with Crippen LogP contribution in [0.4, 0.5) is 0 Å². The molecule has 3 atom stereocenters. The van der Waals surface area contributed by atoms with Gasteiger partial charge in [-0.05, 0) is 17.7 Å². The molecule has 8 nitrogen and oxygen atoms in total. The van der Waals surface area contributed by atoms with E-state index in [0.29, 0.717) is 24.7 Å². The van der Waals surface area contributed by atoms with Crippen molar-refractivity contribution in [2.45, 2.75) is 11.8 Å². The molecule has 24 heavy (non-hydrogen) atoms. The minimum Gasteiger partial charge on any atom is -0.454 e. The summed E-state index contributed by atoms with van der Waals surface area (Å²) < 4.78 is 22.1. The molecule has 0 radical (unpaired) electrons. The fraction of sp³-hybridized carbons (Fsp3) is 0.438. The second-order valence-electron chi connectivity index (χ2n) is 6.16. The van der Waals surface area contributed by atoms with Gasteiger partial charge in [-0.2, -0.15) is 10.5 Å². The molecule has 1 aromatic rings. The van der Waals surface area contributed by atoms with Crippen molar-refractivity contribution in [2.24, 2.45) is 21.6 Å². The van der Waals surface area contributed by atoms with Gasteiger partial charge in [0, 0.05) is 5.92 Å². The Labute approximate surface area is 137 Å². The van der Waals surface area contributed by atoms with Crippen LogP contribution in [0.2, 0.25) is 0 Å². The number of ether oxygens (including phenoxy) is 4. The van der Waals surface area contributed by atoms with Gasteiger partial charge in [0.25, 0.3) is 5.91 Å². The molecule has 1 aromatic carbocycles. The summed E-state index contributed by atoms with van der Waals surface area (Å²) in [6.45, 7) is 0.751. The summed E-state index contributed by atoms with van der Waals surface area (Å²) in [7, 11) is 0. The second-order valence-corrected chi connectivity index (χ2v) is 6.16. The zero-order valence-electron chi connectivity index (χ0n) is 12.5. The highest BCUT2D eigenvalue weighted by Gasteiger charge is 2.94. The van der Waals surface area contributed by atoms with E-state index in [0.717, 1.165) is 5.56 Å². The third kappa shape index (κ3) is 1.15. The van der Waals surface area contributed by atoms with Crippen molar-refractivity contribution in [3.05, 3.63) is 23.8 Å². The number of nitrogens with zero attached hydrogens (tertiary/aromatic N) is 3. The number of nitriles is 2. The van der Waals surface area contributed by atoms with Crippen LogP contribution in [0.15, 0.2) is 23.2 Å². The summed E-state index contributed by atoms with van der Waals surface area (Å²) in [4.78, 5) is 4.23. The number of rotatable bonds is 1. The van der Waals surface area contributed by atoms with Crippen LogP contribution < -0.4 is 15.2 Å². The van der Waals surface area contributed by atoms with Crippen LogP contribution in [0, 0.1) is 33.5 Å². The standard InChI is InChI=1S/C16H12N4O4/c17-6-14-12(9-1-2-10-11(5-9)22-8-21-10)15(14,7-18)16(20-13(14)19)23-3-4-24-16/h1-2,5,12H,3-4,8H2,(H2,19,20)/t12-,14+,15+/m1/s1. The van der Waals surface area contributed by atoms with Crippen molar-refractivity contribution in [1.82, 2.24) is 0 Å². The third-order valence-corrected chi connectivity index (χ3v) is 5.34. The van der Waals surface area contributed by atoms with Crippen molar-refractivity contribution in [1.29, 1.82) is 10.5 Å². The van der Waals surface area contributed by atoms with Crippen LogP contribution in [-0.4, -0.2) is 31.8 Å². The molecule has 1 spiro atoms. The molecule has 8 heteroatoms. The third-order valence-electron chi connectivity index (χ3n) is 5.34. The number of hydrogen-bond donors (Lipinski definition) is 1. The Bertz CT molecular complexity index is 879. The Morgan fingerprint density at radius 1 is 1.12 bits per heavy atom. The molecule has 2 fully saturated rings. The molecule has 4 aliphatic rings. The Morgan fingerprint density at radius 3 is 2.58 bits per heavy atom. The first-order valence-corrected chi connectivity index (χ1v) is 7.51. The van der Waals surface area contributed by atoms with E-state index in [1.54, 1.807) is 12.1 Å². The van der Waals surface area contributed by atoms with E-state index in [9.17, 15) is 10.5 Å². The fourth-order valence-corrected chi connectivity index (χ4v) is 4.31. The van der Waals surface area contributed by atoms with Crippen LogP contribution in [0.3, 0.4) is 0 Å². The van der Waals surface area contributed by atoms with Crippen molar-refractivity contribution < 1.29 is 18.9 Å². The molecule has 120 valence electrons. The van der Waals surface area contributed by atoms with Crippen LogP contribution in [0.5, 0.6) is 11.5 Å². The Morgan fingerprint density at radius 2 is 1.88 bits per heavy atom. The summed E-state index contributed by atoms with van der Waals surface area (Å²) in [6, 6.07) is 9.81. The number of nitrogens with two attached hydrogens (primary N) is 1. The van der Waals surface area contributed by atoms with Gasteiger partial charge in [-0.1, -0.05) is 6.07 Å². The number of benzene rings is 1. The van der Waals surface area contributed by atoms with Gasteiger partial charge in [-0.25, -0.2) is 4.99 Å². The summed E-state index contributed by atoms with van der Waals surface area (Å²) in [5.74, 6) is -0.730. The Hall–Kier alpha value is -2.81. The van der Waals surface area contributed by atoms with Gasteiger partial charge in [-0.3, -0.25) is 0 Å². The first-order valence-electron chi connectivity index (χ1n) is 7.51. The molecular formula is C16H12N4O4. The molecule has 0 amide bonds. The van der Waals surface area contributed by atoms with E-state index >= 15 is 0 Å². The molecule has 1 saturated heterocycles. The van der Waals surface area contributed by atoms with Crippen LogP contribution in [0.1, 0.15) is 11.5 Å². The lowest BCUT2D eigenvalue weighted by Crippen LogP contribution is -2.38. The minimum absolute atomic E-state index is 0.0797. The average molecular weight is 324 g/mol. The van der Waals surface area contributed by atoms with Gasteiger partial charge >= 0.3 is 0 Å². The van der Waals surface area contributed by atoms with E-state index in [1.165, 1.54) is 0 Å². The highest BCUT2D eigenvalue weighted by atomic mass is 16.8. The smallest absolute Gasteiger partial charge is 0.293 e. The molecule has 0 aromatic heterocycles. The van der Waals surface area contributed by atoms with E-state index in [-0.39, 0.29) is 12.6 Å². The van der Waals surface area contributed by atoms with Gasteiger partial charge in [-0.15, -0.1) is 0 Å². The SMILES string of the molecule is N#C[C@]12C(N)=NC3(OCCO3)[C@@]1(C#N)[C@@H]2c1ccc2c(c1)OCO2. The highest BCUT2D eigenvalue weighted by Crippen LogP contribution is 2.82. The molecule has 3 aliphatic heterocycles. The molecular weight excluding hydrogens is 312 g/mol. The number of aliphatic imine (C=N–C) groups is 1. The summed E-state index contributed by atoms with van der Waals surface area (Å²) in [6.07, 6.45) is 0.